The Labute approximate surface area is 176 Å². The lowest BCUT2D eigenvalue weighted by Crippen LogP contribution is -2.34. The van der Waals surface area contributed by atoms with Gasteiger partial charge in [-0.25, -0.2) is 4.79 Å². The summed E-state index contributed by atoms with van der Waals surface area (Å²) in [5, 5.41) is 0.653. The molecule has 29 heavy (non-hydrogen) atoms. The van der Waals surface area contributed by atoms with E-state index in [1.54, 1.807) is 36.3 Å². The van der Waals surface area contributed by atoms with Crippen molar-refractivity contribution < 1.29 is 19.0 Å². The maximum atomic E-state index is 12.4. The molecule has 0 aromatic heterocycles. The van der Waals surface area contributed by atoms with Crippen LogP contribution in [0.15, 0.2) is 72.0 Å². The van der Waals surface area contributed by atoms with Crippen LogP contribution >= 0.6 is 11.6 Å². The van der Waals surface area contributed by atoms with E-state index < -0.39 is 0 Å². The standard InChI is InChI=1S/C23H24ClNO4/c1-4-5-17(14-16(2)27-3)22-15-28-23(26)25(22)19-8-12-21(13-9-19)29-20-10-6-18(24)7-11-20/h5-14,22H,4,15H2,1-3H3/b16-14+,17-5+. The molecule has 0 spiro atoms. The zero-order valence-electron chi connectivity index (χ0n) is 16.7. The lowest BCUT2D eigenvalue weighted by molar-refractivity contribution is 0.179. The van der Waals surface area contributed by atoms with Gasteiger partial charge in [0.15, 0.2) is 0 Å². The summed E-state index contributed by atoms with van der Waals surface area (Å²) < 4.78 is 16.5. The van der Waals surface area contributed by atoms with Gasteiger partial charge in [0.1, 0.15) is 18.1 Å². The highest BCUT2D eigenvalue weighted by atomic mass is 35.5. The number of carbonyl (C=O) groups is 1. The SMILES string of the molecule is CC/C=C(\C=C(/C)OC)C1COC(=O)N1c1ccc(Oc2ccc(Cl)cc2)cc1. The predicted molar refractivity (Wildman–Crippen MR) is 115 cm³/mol. The Morgan fingerprint density at radius 1 is 1.17 bits per heavy atom. The molecule has 0 bridgehead atoms. The van der Waals surface area contributed by atoms with Gasteiger partial charge in [0, 0.05) is 10.7 Å². The molecule has 1 unspecified atom stereocenters. The van der Waals surface area contributed by atoms with E-state index in [0.29, 0.717) is 23.1 Å². The van der Waals surface area contributed by atoms with Gasteiger partial charge in [0.05, 0.1) is 18.9 Å². The average molecular weight is 414 g/mol. The van der Waals surface area contributed by atoms with Crippen molar-refractivity contribution in [2.45, 2.75) is 26.3 Å². The molecular formula is C23H24ClNO4. The van der Waals surface area contributed by atoms with Crippen LogP contribution in [0.25, 0.3) is 0 Å². The van der Waals surface area contributed by atoms with Gasteiger partial charge in [0.25, 0.3) is 0 Å². The van der Waals surface area contributed by atoms with Crippen LogP contribution < -0.4 is 9.64 Å². The van der Waals surface area contributed by atoms with Crippen molar-refractivity contribution in [3.8, 4) is 11.5 Å². The van der Waals surface area contributed by atoms with Crippen molar-refractivity contribution >= 4 is 23.4 Å². The number of nitrogens with zero attached hydrogens (tertiary/aromatic N) is 1. The monoisotopic (exact) mass is 413 g/mol. The first-order chi connectivity index (χ1) is 14.0. The van der Waals surface area contributed by atoms with Gasteiger partial charge in [-0.05, 0) is 73.5 Å². The van der Waals surface area contributed by atoms with Gasteiger partial charge >= 0.3 is 6.09 Å². The molecule has 0 radical (unpaired) electrons. The summed E-state index contributed by atoms with van der Waals surface area (Å²) in [4.78, 5) is 14.1. The van der Waals surface area contributed by atoms with Gasteiger partial charge in [-0.3, -0.25) is 4.90 Å². The fourth-order valence-corrected chi connectivity index (χ4v) is 3.21. The minimum atomic E-state index is -0.369. The van der Waals surface area contributed by atoms with E-state index >= 15 is 0 Å². The zero-order valence-corrected chi connectivity index (χ0v) is 17.5. The third-order valence-corrected chi connectivity index (χ3v) is 4.81. The van der Waals surface area contributed by atoms with Crippen molar-refractivity contribution in [1.29, 1.82) is 0 Å². The van der Waals surface area contributed by atoms with E-state index in [-0.39, 0.29) is 12.1 Å². The highest BCUT2D eigenvalue weighted by Gasteiger charge is 2.36. The lowest BCUT2D eigenvalue weighted by Gasteiger charge is -2.23. The smallest absolute Gasteiger partial charge is 0.415 e. The molecule has 3 rings (SSSR count). The van der Waals surface area contributed by atoms with Crippen LogP contribution in [-0.2, 0) is 9.47 Å². The van der Waals surface area contributed by atoms with E-state index in [4.69, 9.17) is 25.8 Å². The Bertz CT molecular complexity index is 903. The maximum absolute atomic E-state index is 12.4. The van der Waals surface area contributed by atoms with Crippen LogP contribution in [0.4, 0.5) is 10.5 Å². The number of cyclic esters (lactones) is 1. The zero-order chi connectivity index (χ0) is 20.8. The first-order valence-corrected chi connectivity index (χ1v) is 9.81. The van der Waals surface area contributed by atoms with Gasteiger partial charge in [-0.15, -0.1) is 0 Å². The molecule has 0 N–H and O–H groups in total. The molecular weight excluding hydrogens is 390 g/mol. The molecule has 1 fully saturated rings. The summed E-state index contributed by atoms with van der Waals surface area (Å²) in [5.41, 5.74) is 1.73. The van der Waals surface area contributed by atoms with Crippen molar-refractivity contribution in [3.05, 3.63) is 77.0 Å². The van der Waals surface area contributed by atoms with Crippen LogP contribution in [0.5, 0.6) is 11.5 Å². The van der Waals surface area contributed by atoms with Crippen molar-refractivity contribution in [2.24, 2.45) is 0 Å². The number of amides is 1. The summed E-state index contributed by atoms with van der Waals surface area (Å²) in [6, 6.07) is 14.3. The number of benzene rings is 2. The molecule has 2 aromatic carbocycles. The molecule has 1 heterocycles. The molecule has 1 saturated heterocycles. The van der Waals surface area contributed by atoms with Gasteiger partial charge in [0.2, 0.25) is 0 Å². The summed E-state index contributed by atoms with van der Waals surface area (Å²) in [5.74, 6) is 2.13. The predicted octanol–water partition coefficient (Wildman–Crippen LogP) is 6.34. The molecule has 1 aliphatic heterocycles. The Morgan fingerprint density at radius 2 is 1.79 bits per heavy atom. The number of anilines is 1. The van der Waals surface area contributed by atoms with Crippen molar-refractivity contribution in [3.63, 3.8) is 0 Å². The second kappa shape index (κ2) is 9.52. The van der Waals surface area contributed by atoms with Gasteiger partial charge in [-0.2, -0.15) is 0 Å². The number of rotatable bonds is 7. The Kier molecular flexibility index (Phi) is 6.83. The third kappa shape index (κ3) is 5.12. The van der Waals surface area contributed by atoms with Crippen LogP contribution in [0.2, 0.25) is 5.02 Å². The largest absolute Gasteiger partial charge is 0.501 e. The Balaban J connectivity index is 1.82. The number of allylic oxidation sites excluding steroid dienone is 2. The minimum absolute atomic E-state index is 0.212. The maximum Gasteiger partial charge on any atom is 0.415 e. The van der Waals surface area contributed by atoms with Gasteiger partial charge in [-0.1, -0.05) is 24.6 Å². The van der Waals surface area contributed by atoms with Crippen LogP contribution in [0, 0.1) is 0 Å². The molecule has 2 aromatic rings. The summed E-state index contributed by atoms with van der Waals surface area (Å²) in [6.45, 7) is 4.23. The van der Waals surface area contributed by atoms with E-state index in [1.165, 1.54) is 0 Å². The van der Waals surface area contributed by atoms with E-state index in [9.17, 15) is 4.79 Å². The number of hydrogen-bond donors (Lipinski definition) is 0. The molecule has 0 saturated carbocycles. The molecule has 1 aliphatic rings. The number of ether oxygens (including phenoxy) is 3. The lowest BCUT2D eigenvalue weighted by atomic mass is 10.0. The second-order valence-electron chi connectivity index (χ2n) is 6.58. The highest BCUT2D eigenvalue weighted by Crippen LogP contribution is 2.31. The molecule has 1 amide bonds. The number of hydrogen-bond acceptors (Lipinski definition) is 4. The van der Waals surface area contributed by atoms with E-state index in [2.05, 4.69) is 13.0 Å². The summed E-state index contributed by atoms with van der Waals surface area (Å²) >= 11 is 5.90. The summed E-state index contributed by atoms with van der Waals surface area (Å²) in [6.07, 6.45) is 4.50. The van der Waals surface area contributed by atoms with Crippen LogP contribution in [0.3, 0.4) is 0 Å². The topological polar surface area (TPSA) is 48.0 Å². The fraction of sp³-hybridized carbons (Fsp3) is 0.261. The Morgan fingerprint density at radius 3 is 2.38 bits per heavy atom. The molecule has 0 aliphatic carbocycles. The van der Waals surface area contributed by atoms with Crippen LogP contribution in [0.1, 0.15) is 20.3 Å². The third-order valence-electron chi connectivity index (χ3n) is 4.55. The quantitative estimate of drug-likeness (QED) is 0.392. The van der Waals surface area contributed by atoms with E-state index in [1.807, 2.05) is 37.3 Å². The van der Waals surface area contributed by atoms with E-state index in [0.717, 1.165) is 23.4 Å². The van der Waals surface area contributed by atoms with Gasteiger partial charge < -0.3 is 14.2 Å². The van der Waals surface area contributed by atoms with Crippen molar-refractivity contribution in [2.75, 3.05) is 18.6 Å². The number of methoxy groups -OCH3 is 1. The molecule has 5 nitrogen and oxygen atoms in total. The highest BCUT2D eigenvalue weighted by molar-refractivity contribution is 6.30. The molecule has 6 heteroatoms. The first kappa shape index (κ1) is 20.8. The average Bonchev–Trinajstić information content (AvgIpc) is 3.11. The molecule has 152 valence electrons. The number of halogens is 1. The first-order valence-electron chi connectivity index (χ1n) is 9.43. The van der Waals surface area contributed by atoms with Crippen molar-refractivity contribution in [1.82, 2.24) is 0 Å². The van der Waals surface area contributed by atoms with Crippen LogP contribution in [-0.4, -0.2) is 25.9 Å². The second-order valence-corrected chi connectivity index (χ2v) is 7.02. The summed E-state index contributed by atoms with van der Waals surface area (Å²) in [7, 11) is 1.63. The minimum Gasteiger partial charge on any atom is -0.501 e. The normalized spacial score (nSPS) is 17.3. The Hall–Kier alpha value is -2.92. The fourth-order valence-electron chi connectivity index (χ4n) is 3.09. The number of carbonyl (C=O) groups excluding carboxylic acids is 1. The molecule has 1 atom stereocenters.